The molecule has 0 aliphatic carbocycles. The number of nitrogens with zero attached hydrogens (tertiary/aromatic N) is 3. The SMILES string of the molecule is CC[S+]([O-])c1cc2c(nc1C(=O)OC(C)(C)C)n(C)c(=O)n2C. The lowest BCUT2D eigenvalue weighted by molar-refractivity contribution is 0.00585. The second kappa shape index (κ2) is 6.01. The number of esters is 1. The summed E-state index contributed by atoms with van der Waals surface area (Å²) in [7, 11) is 3.19. The fourth-order valence-electron chi connectivity index (χ4n) is 2.19. The number of aromatic nitrogens is 3. The van der Waals surface area contributed by atoms with E-state index in [1.54, 1.807) is 47.9 Å². The predicted octanol–water partition coefficient (Wildman–Crippen LogP) is 1.35. The van der Waals surface area contributed by atoms with Crippen LogP contribution in [-0.2, 0) is 30.0 Å². The summed E-state index contributed by atoms with van der Waals surface area (Å²) in [6, 6.07) is 1.59. The molecule has 2 aromatic rings. The van der Waals surface area contributed by atoms with Gasteiger partial charge in [-0.3, -0.25) is 9.13 Å². The quantitative estimate of drug-likeness (QED) is 0.622. The fraction of sp³-hybridized carbons (Fsp3) is 0.533. The van der Waals surface area contributed by atoms with Gasteiger partial charge in [0.05, 0.1) is 5.52 Å². The van der Waals surface area contributed by atoms with E-state index in [1.807, 2.05) is 0 Å². The maximum Gasteiger partial charge on any atom is 0.362 e. The number of fused-ring (bicyclic) bond motifs is 1. The van der Waals surface area contributed by atoms with Crippen LogP contribution in [0.25, 0.3) is 11.2 Å². The van der Waals surface area contributed by atoms with Crippen molar-refractivity contribution >= 4 is 28.3 Å². The van der Waals surface area contributed by atoms with Crippen LogP contribution in [0.4, 0.5) is 0 Å². The molecule has 0 radical (unpaired) electrons. The Balaban J connectivity index is 2.73. The Morgan fingerprint density at radius 3 is 2.48 bits per heavy atom. The maximum absolute atomic E-state index is 12.4. The molecule has 23 heavy (non-hydrogen) atoms. The third kappa shape index (κ3) is 3.28. The van der Waals surface area contributed by atoms with Crippen LogP contribution in [0.3, 0.4) is 0 Å². The Kier molecular flexibility index (Phi) is 4.59. The van der Waals surface area contributed by atoms with Crippen LogP contribution in [0.1, 0.15) is 38.2 Å². The van der Waals surface area contributed by atoms with Crippen molar-refractivity contribution in [2.75, 3.05) is 5.75 Å². The zero-order chi connectivity index (χ0) is 17.5. The van der Waals surface area contributed by atoms with E-state index in [-0.39, 0.29) is 16.3 Å². The molecular formula is C15H21N3O4S. The second-order valence-electron chi connectivity index (χ2n) is 6.21. The number of imidazole rings is 1. The van der Waals surface area contributed by atoms with Gasteiger partial charge in [0.25, 0.3) is 0 Å². The van der Waals surface area contributed by atoms with Crippen LogP contribution in [0.15, 0.2) is 15.8 Å². The van der Waals surface area contributed by atoms with Gasteiger partial charge in [-0.25, -0.2) is 14.6 Å². The van der Waals surface area contributed by atoms with Gasteiger partial charge in [-0.2, -0.15) is 0 Å². The van der Waals surface area contributed by atoms with Crippen molar-refractivity contribution in [3.63, 3.8) is 0 Å². The number of carbonyl (C=O) groups excluding carboxylic acids is 1. The Morgan fingerprint density at radius 1 is 1.35 bits per heavy atom. The van der Waals surface area contributed by atoms with Crippen LogP contribution < -0.4 is 5.69 Å². The minimum Gasteiger partial charge on any atom is -0.611 e. The molecule has 0 fully saturated rings. The lowest BCUT2D eigenvalue weighted by Crippen LogP contribution is -2.26. The summed E-state index contributed by atoms with van der Waals surface area (Å²) in [6.45, 7) is 7.00. The van der Waals surface area contributed by atoms with Crippen molar-refractivity contribution in [3.05, 3.63) is 22.2 Å². The Hall–Kier alpha value is -1.80. The van der Waals surface area contributed by atoms with Crippen molar-refractivity contribution in [1.29, 1.82) is 0 Å². The maximum atomic E-state index is 12.4. The van der Waals surface area contributed by atoms with Crippen LogP contribution in [-0.4, -0.2) is 36.0 Å². The van der Waals surface area contributed by atoms with Gasteiger partial charge in [0.2, 0.25) is 5.69 Å². The summed E-state index contributed by atoms with van der Waals surface area (Å²) in [5, 5.41) is 0. The number of rotatable bonds is 3. The Bertz CT molecular complexity index is 817. The van der Waals surface area contributed by atoms with Crippen LogP contribution in [0.2, 0.25) is 0 Å². The molecule has 0 bridgehead atoms. The largest absolute Gasteiger partial charge is 0.611 e. The first kappa shape index (κ1) is 17.6. The van der Waals surface area contributed by atoms with Gasteiger partial charge in [0.15, 0.2) is 10.5 Å². The first-order valence-corrected chi connectivity index (χ1v) is 8.57. The van der Waals surface area contributed by atoms with Gasteiger partial charge in [-0.05, 0) is 38.9 Å². The van der Waals surface area contributed by atoms with Crippen LogP contribution in [0, 0.1) is 0 Å². The highest BCUT2D eigenvalue weighted by molar-refractivity contribution is 7.91. The molecule has 2 aromatic heterocycles. The molecule has 2 rings (SSSR count). The molecule has 0 amide bonds. The number of ether oxygens (including phenoxy) is 1. The normalized spacial score (nSPS) is 13.3. The van der Waals surface area contributed by atoms with E-state index < -0.39 is 22.7 Å². The summed E-state index contributed by atoms with van der Waals surface area (Å²) in [6.07, 6.45) is 0. The predicted molar refractivity (Wildman–Crippen MR) is 88.1 cm³/mol. The van der Waals surface area contributed by atoms with Gasteiger partial charge in [-0.1, -0.05) is 0 Å². The third-order valence-electron chi connectivity index (χ3n) is 3.30. The summed E-state index contributed by atoms with van der Waals surface area (Å²) < 4.78 is 20.4. The zero-order valence-electron chi connectivity index (χ0n) is 14.2. The zero-order valence-corrected chi connectivity index (χ0v) is 15.0. The fourth-order valence-corrected chi connectivity index (χ4v) is 3.09. The van der Waals surface area contributed by atoms with E-state index in [0.29, 0.717) is 16.9 Å². The van der Waals surface area contributed by atoms with Crippen molar-refractivity contribution in [2.45, 2.75) is 38.2 Å². The van der Waals surface area contributed by atoms with Crippen molar-refractivity contribution in [3.8, 4) is 0 Å². The van der Waals surface area contributed by atoms with E-state index in [0.717, 1.165) is 0 Å². The monoisotopic (exact) mass is 339 g/mol. The summed E-state index contributed by atoms with van der Waals surface area (Å²) in [4.78, 5) is 29.0. The molecule has 1 atom stereocenters. The molecule has 0 aromatic carbocycles. The molecule has 0 spiro atoms. The van der Waals surface area contributed by atoms with E-state index in [9.17, 15) is 14.1 Å². The summed E-state index contributed by atoms with van der Waals surface area (Å²) in [5.74, 6) is -0.309. The summed E-state index contributed by atoms with van der Waals surface area (Å²) >= 11 is -1.40. The number of carbonyl (C=O) groups is 1. The van der Waals surface area contributed by atoms with Crippen molar-refractivity contribution in [1.82, 2.24) is 14.1 Å². The number of pyridine rings is 1. The molecule has 0 saturated heterocycles. The smallest absolute Gasteiger partial charge is 0.362 e. The molecule has 0 N–H and O–H groups in total. The van der Waals surface area contributed by atoms with Crippen molar-refractivity contribution < 1.29 is 14.1 Å². The highest BCUT2D eigenvalue weighted by Crippen LogP contribution is 2.23. The summed E-state index contributed by atoms with van der Waals surface area (Å²) in [5.41, 5.74) is -0.0749. The van der Waals surface area contributed by atoms with Crippen molar-refractivity contribution in [2.24, 2.45) is 14.1 Å². The van der Waals surface area contributed by atoms with Gasteiger partial charge >= 0.3 is 11.7 Å². The third-order valence-corrected chi connectivity index (χ3v) is 4.63. The van der Waals surface area contributed by atoms with Crippen LogP contribution >= 0.6 is 0 Å². The lowest BCUT2D eigenvalue weighted by atomic mass is 10.2. The first-order chi connectivity index (χ1) is 10.6. The Morgan fingerprint density at radius 2 is 1.96 bits per heavy atom. The topological polar surface area (TPSA) is 89.2 Å². The molecule has 0 aliphatic rings. The molecular weight excluding hydrogens is 318 g/mol. The average Bonchev–Trinajstić information content (AvgIpc) is 2.68. The van der Waals surface area contributed by atoms with Crippen LogP contribution in [0.5, 0.6) is 0 Å². The standard InChI is InChI=1S/C15H21N3O4S/c1-7-23(21)10-8-9-12(18(6)14(20)17(9)5)16-11(10)13(19)22-15(2,3)4/h8H,7H2,1-6H3. The molecule has 2 heterocycles. The van der Waals surface area contributed by atoms with Gasteiger partial charge < -0.3 is 9.29 Å². The molecule has 0 aliphatic heterocycles. The van der Waals surface area contributed by atoms with E-state index in [4.69, 9.17) is 4.74 Å². The minimum absolute atomic E-state index is 0.00573. The Labute approximate surface area is 137 Å². The molecule has 0 saturated carbocycles. The van der Waals surface area contributed by atoms with Gasteiger partial charge in [0, 0.05) is 20.2 Å². The highest BCUT2D eigenvalue weighted by Gasteiger charge is 2.29. The van der Waals surface area contributed by atoms with E-state index >= 15 is 0 Å². The minimum atomic E-state index is -1.40. The van der Waals surface area contributed by atoms with Gasteiger partial charge in [-0.15, -0.1) is 0 Å². The number of aryl methyl sites for hydroxylation is 2. The number of hydrogen-bond acceptors (Lipinski definition) is 5. The van der Waals surface area contributed by atoms with E-state index in [2.05, 4.69) is 4.98 Å². The molecule has 7 nitrogen and oxygen atoms in total. The molecule has 126 valence electrons. The van der Waals surface area contributed by atoms with E-state index in [1.165, 1.54) is 9.13 Å². The molecule has 1 unspecified atom stereocenters. The van der Waals surface area contributed by atoms with Gasteiger partial charge in [0.1, 0.15) is 11.4 Å². The first-order valence-electron chi connectivity index (χ1n) is 7.25. The average molecular weight is 339 g/mol. The number of hydrogen-bond donors (Lipinski definition) is 0. The second-order valence-corrected chi connectivity index (χ2v) is 7.92. The molecule has 8 heteroatoms. The highest BCUT2D eigenvalue weighted by atomic mass is 32.2. The lowest BCUT2D eigenvalue weighted by Gasteiger charge is -2.20.